The van der Waals surface area contributed by atoms with Crippen LogP contribution in [0.3, 0.4) is 0 Å². The highest BCUT2D eigenvalue weighted by molar-refractivity contribution is 7.92. The van der Waals surface area contributed by atoms with Crippen molar-refractivity contribution in [1.82, 2.24) is 10.2 Å². The van der Waals surface area contributed by atoms with Crippen molar-refractivity contribution in [3.63, 3.8) is 0 Å². The molecule has 7 nitrogen and oxygen atoms in total. The highest BCUT2D eigenvalue weighted by Gasteiger charge is 2.36. The van der Waals surface area contributed by atoms with Crippen molar-refractivity contribution in [3.8, 4) is 0 Å². The topological polar surface area (TPSA) is 86.8 Å². The van der Waals surface area contributed by atoms with Gasteiger partial charge in [-0.1, -0.05) is 113 Å². The molecule has 1 aliphatic rings. The fraction of sp³-hybridized carbons (Fsp3) is 0.278. The van der Waals surface area contributed by atoms with Gasteiger partial charge in [-0.2, -0.15) is 0 Å². The van der Waals surface area contributed by atoms with Gasteiger partial charge in [-0.15, -0.1) is 0 Å². The molecule has 1 atom stereocenters. The van der Waals surface area contributed by atoms with E-state index < -0.39 is 28.5 Å². The average molecular weight is 748 g/mol. The molecule has 0 spiro atoms. The van der Waals surface area contributed by atoms with Crippen LogP contribution in [0.15, 0.2) is 95.9 Å². The second-order valence-electron chi connectivity index (χ2n) is 11.9. The van der Waals surface area contributed by atoms with Gasteiger partial charge in [0.2, 0.25) is 11.8 Å². The van der Waals surface area contributed by atoms with E-state index in [0.29, 0.717) is 15.6 Å². The molecule has 0 saturated heterocycles. The van der Waals surface area contributed by atoms with Gasteiger partial charge in [0.05, 0.1) is 10.6 Å². The molecule has 0 heterocycles. The van der Waals surface area contributed by atoms with E-state index in [1.807, 2.05) is 37.3 Å². The van der Waals surface area contributed by atoms with Gasteiger partial charge in [-0.25, -0.2) is 8.42 Å². The SMILES string of the molecule is Cc1ccc(S(=O)(=O)N(CC(=O)N(Cc2c(Cl)cccc2Cl)C(Cc2ccccc2)C(=O)NC2CCCC2)c2cc(Cl)cc(Cl)c2)cc1. The highest BCUT2D eigenvalue weighted by atomic mass is 35.5. The summed E-state index contributed by atoms with van der Waals surface area (Å²) in [6, 6.07) is 23.9. The van der Waals surface area contributed by atoms with E-state index in [9.17, 15) is 18.0 Å². The molecule has 4 aromatic carbocycles. The number of carbonyl (C=O) groups excluding carboxylic acids is 2. The van der Waals surface area contributed by atoms with E-state index >= 15 is 0 Å². The molecule has 1 saturated carbocycles. The molecule has 48 heavy (non-hydrogen) atoms. The number of sulfonamides is 1. The van der Waals surface area contributed by atoms with Crippen LogP contribution in [0.25, 0.3) is 0 Å². The quantitative estimate of drug-likeness (QED) is 0.158. The van der Waals surface area contributed by atoms with Crippen LogP contribution in [0, 0.1) is 6.92 Å². The Bertz CT molecular complexity index is 1830. The molecule has 252 valence electrons. The van der Waals surface area contributed by atoms with Crippen molar-refractivity contribution in [2.24, 2.45) is 0 Å². The summed E-state index contributed by atoms with van der Waals surface area (Å²) in [6.45, 7) is 1.02. The maximum Gasteiger partial charge on any atom is 0.264 e. The first-order valence-corrected chi connectivity index (χ1v) is 18.5. The number of anilines is 1. The minimum absolute atomic E-state index is 0.0244. The van der Waals surface area contributed by atoms with Crippen LogP contribution in [-0.2, 0) is 32.6 Å². The first-order valence-electron chi connectivity index (χ1n) is 15.5. The van der Waals surface area contributed by atoms with E-state index in [1.165, 1.54) is 35.2 Å². The highest BCUT2D eigenvalue weighted by Crippen LogP contribution is 2.32. The number of amides is 2. The summed E-state index contributed by atoms with van der Waals surface area (Å²) in [6.07, 6.45) is 3.85. The number of carbonyl (C=O) groups is 2. The summed E-state index contributed by atoms with van der Waals surface area (Å²) in [4.78, 5) is 30.2. The van der Waals surface area contributed by atoms with Gasteiger partial charge in [0.15, 0.2) is 0 Å². The maximum absolute atomic E-state index is 14.7. The van der Waals surface area contributed by atoms with E-state index in [0.717, 1.165) is 41.1 Å². The van der Waals surface area contributed by atoms with E-state index in [4.69, 9.17) is 46.4 Å². The van der Waals surface area contributed by atoms with Crippen LogP contribution in [0.4, 0.5) is 5.69 Å². The summed E-state index contributed by atoms with van der Waals surface area (Å²) >= 11 is 25.9. The zero-order valence-electron chi connectivity index (χ0n) is 26.2. The van der Waals surface area contributed by atoms with E-state index in [-0.39, 0.29) is 45.5 Å². The summed E-state index contributed by atoms with van der Waals surface area (Å²) in [5.41, 5.74) is 2.20. The minimum Gasteiger partial charge on any atom is -0.352 e. The third-order valence-electron chi connectivity index (χ3n) is 8.39. The maximum atomic E-state index is 14.7. The Morgan fingerprint density at radius 1 is 0.833 bits per heavy atom. The van der Waals surface area contributed by atoms with Crippen LogP contribution in [0.2, 0.25) is 20.1 Å². The Hall–Kier alpha value is -3.27. The number of rotatable bonds is 12. The second kappa shape index (κ2) is 16.0. The first kappa shape index (κ1) is 36.0. The van der Waals surface area contributed by atoms with Crippen LogP contribution in [0.5, 0.6) is 0 Å². The van der Waals surface area contributed by atoms with Gasteiger partial charge >= 0.3 is 0 Å². The lowest BCUT2D eigenvalue weighted by Crippen LogP contribution is -2.54. The average Bonchev–Trinajstić information content (AvgIpc) is 3.56. The first-order chi connectivity index (χ1) is 22.9. The molecule has 1 fully saturated rings. The number of halogens is 4. The van der Waals surface area contributed by atoms with Crippen LogP contribution in [-0.4, -0.2) is 43.8 Å². The molecule has 4 aromatic rings. The molecule has 5 rings (SSSR count). The lowest BCUT2D eigenvalue weighted by Gasteiger charge is -2.34. The summed E-state index contributed by atoms with van der Waals surface area (Å²) in [5, 5.41) is 4.13. The van der Waals surface area contributed by atoms with Crippen molar-refractivity contribution in [1.29, 1.82) is 0 Å². The van der Waals surface area contributed by atoms with Gasteiger partial charge in [0.25, 0.3) is 10.0 Å². The smallest absolute Gasteiger partial charge is 0.264 e. The van der Waals surface area contributed by atoms with Crippen molar-refractivity contribution >= 4 is 73.9 Å². The van der Waals surface area contributed by atoms with Gasteiger partial charge in [-0.05, 0) is 67.8 Å². The molecule has 0 radical (unpaired) electrons. The summed E-state index contributed by atoms with van der Waals surface area (Å²) in [7, 11) is -4.33. The molecule has 0 bridgehead atoms. The van der Waals surface area contributed by atoms with E-state index in [1.54, 1.807) is 30.3 Å². The fourth-order valence-electron chi connectivity index (χ4n) is 5.82. The molecular weight excluding hydrogens is 712 g/mol. The molecule has 0 aliphatic heterocycles. The third kappa shape index (κ3) is 8.84. The van der Waals surface area contributed by atoms with Crippen LogP contribution in [0.1, 0.15) is 42.4 Å². The van der Waals surface area contributed by atoms with Gasteiger partial charge < -0.3 is 10.2 Å². The van der Waals surface area contributed by atoms with Crippen molar-refractivity contribution < 1.29 is 18.0 Å². The number of nitrogens with zero attached hydrogens (tertiary/aromatic N) is 2. The van der Waals surface area contributed by atoms with Crippen molar-refractivity contribution in [2.75, 3.05) is 10.8 Å². The van der Waals surface area contributed by atoms with Crippen LogP contribution >= 0.6 is 46.4 Å². The Balaban J connectivity index is 1.61. The van der Waals surface area contributed by atoms with Crippen molar-refractivity contribution in [2.45, 2.75) is 62.6 Å². The largest absolute Gasteiger partial charge is 0.352 e. The summed E-state index contributed by atoms with van der Waals surface area (Å²) < 4.78 is 29.5. The molecule has 1 aliphatic carbocycles. The Labute approximate surface area is 301 Å². The number of aryl methyl sites for hydroxylation is 1. The van der Waals surface area contributed by atoms with Gasteiger partial charge in [0, 0.05) is 44.7 Å². The number of hydrogen-bond donors (Lipinski definition) is 1. The Morgan fingerprint density at radius 3 is 2.04 bits per heavy atom. The van der Waals surface area contributed by atoms with Crippen LogP contribution < -0.4 is 9.62 Å². The zero-order chi connectivity index (χ0) is 34.4. The molecule has 2 amide bonds. The Morgan fingerprint density at radius 2 is 1.44 bits per heavy atom. The molecule has 0 aromatic heterocycles. The van der Waals surface area contributed by atoms with Crippen molar-refractivity contribution in [3.05, 3.63) is 128 Å². The lowest BCUT2D eigenvalue weighted by molar-refractivity contribution is -0.140. The number of nitrogens with one attached hydrogen (secondary N) is 1. The van der Waals surface area contributed by atoms with Gasteiger partial charge in [-0.3, -0.25) is 13.9 Å². The second-order valence-corrected chi connectivity index (χ2v) is 15.4. The van der Waals surface area contributed by atoms with E-state index in [2.05, 4.69) is 5.32 Å². The standard InChI is InChI=1S/C36H35Cl4N3O4S/c1-24-14-16-30(17-15-24)48(46,47)43(29-20-26(37)19-27(38)21-29)23-35(44)42(22-31-32(39)12-7-13-33(31)40)34(18-25-8-3-2-4-9-25)36(45)41-28-10-5-6-11-28/h2-4,7-9,12-17,19-21,28,34H,5-6,10-11,18,22-23H2,1H3,(H,41,45). The monoisotopic (exact) mass is 745 g/mol. The molecule has 12 heteroatoms. The molecule has 1 N–H and O–H groups in total. The number of hydrogen-bond acceptors (Lipinski definition) is 4. The normalized spacial score (nSPS) is 14.0. The Kier molecular flexibility index (Phi) is 12.0. The molecular formula is C36H35Cl4N3O4S. The third-order valence-corrected chi connectivity index (χ3v) is 11.3. The summed E-state index contributed by atoms with van der Waals surface area (Å²) in [5.74, 6) is -0.999. The zero-order valence-corrected chi connectivity index (χ0v) is 30.1. The lowest BCUT2D eigenvalue weighted by atomic mass is 10.0. The number of benzene rings is 4. The predicted molar refractivity (Wildman–Crippen MR) is 194 cm³/mol. The predicted octanol–water partition coefficient (Wildman–Crippen LogP) is 8.50. The van der Waals surface area contributed by atoms with Gasteiger partial charge in [0.1, 0.15) is 12.6 Å². The minimum atomic E-state index is -4.33. The molecule has 1 unspecified atom stereocenters. The fourth-order valence-corrected chi connectivity index (χ4v) is 8.25.